The summed E-state index contributed by atoms with van der Waals surface area (Å²) in [5.74, 6) is -0.282. The highest BCUT2D eigenvalue weighted by Crippen LogP contribution is 2.32. The van der Waals surface area contributed by atoms with Crippen LogP contribution in [0.4, 0.5) is 0 Å². The van der Waals surface area contributed by atoms with Crippen molar-refractivity contribution in [2.45, 2.75) is 18.6 Å². The Morgan fingerprint density at radius 2 is 2.10 bits per heavy atom. The van der Waals surface area contributed by atoms with Gasteiger partial charge < -0.3 is 16.4 Å². The first-order chi connectivity index (χ1) is 13.6. The minimum atomic E-state index is -0.374. The van der Waals surface area contributed by atoms with Gasteiger partial charge in [0.1, 0.15) is 0 Å². The van der Waals surface area contributed by atoms with Crippen molar-refractivity contribution in [3.8, 4) is 0 Å². The van der Waals surface area contributed by atoms with Crippen LogP contribution in [-0.2, 0) is 4.79 Å². The number of thioether (sulfide) groups is 1. The van der Waals surface area contributed by atoms with Crippen LogP contribution >= 0.6 is 44.7 Å². The molecule has 0 saturated heterocycles. The number of nitrogens with two attached hydrogens (primary N) is 1. The van der Waals surface area contributed by atoms with Crippen LogP contribution < -0.4 is 26.1 Å². The molecule has 0 radical (unpaired) electrons. The molecule has 1 aromatic heterocycles. The average molecular weight is 471 g/mol. The maximum absolute atomic E-state index is 12.5. The van der Waals surface area contributed by atoms with E-state index in [1.165, 1.54) is 17.5 Å². The zero-order valence-corrected chi connectivity index (χ0v) is 20.0. The van der Waals surface area contributed by atoms with Gasteiger partial charge in [0.15, 0.2) is 0 Å². The number of carbonyl (C=O) groups is 2. The first-order valence-corrected chi connectivity index (χ1v) is 12.8. The summed E-state index contributed by atoms with van der Waals surface area (Å²) >= 11 is 2.45. The Kier molecular flexibility index (Phi) is 10.8. The van der Waals surface area contributed by atoms with Gasteiger partial charge in [-0.2, -0.15) is 0 Å². The lowest BCUT2D eigenvalue weighted by Crippen LogP contribution is -2.35. The Hall–Kier alpha value is -1.46. The van der Waals surface area contributed by atoms with Gasteiger partial charge >= 0.3 is 0 Å². The Balaban J connectivity index is 2.88. The first-order valence-electron chi connectivity index (χ1n) is 8.43. The normalized spacial score (nSPS) is 12.6. The van der Waals surface area contributed by atoms with E-state index in [1.54, 1.807) is 33.7 Å². The molecule has 0 bridgehead atoms. The van der Waals surface area contributed by atoms with Gasteiger partial charge in [-0.15, -0.1) is 23.1 Å². The second-order valence-corrected chi connectivity index (χ2v) is 11.6. The van der Waals surface area contributed by atoms with Gasteiger partial charge in [-0.1, -0.05) is 34.7 Å². The quantitative estimate of drug-likeness (QED) is 0.199. The van der Waals surface area contributed by atoms with Crippen molar-refractivity contribution in [3.05, 3.63) is 44.1 Å². The molecule has 0 aliphatic rings. The molecular formula is C19H26N4O2S4. The molecule has 0 aliphatic carbocycles. The van der Waals surface area contributed by atoms with E-state index in [4.69, 9.17) is 5.73 Å². The summed E-state index contributed by atoms with van der Waals surface area (Å²) in [4.78, 5) is 29.2. The molecule has 10 heteroatoms. The Bertz CT molecular complexity index is 906. The highest BCUT2D eigenvalue weighted by atomic mass is 33.1. The maximum Gasteiger partial charge on any atom is 0.263 e. The number of nitrogens with one attached hydrogen (secondary N) is 2. The third kappa shape index (κ3) is 8.83. The molecule has 0 saturated carbocycles. The fourth-order valence-electron chi connectivity index (χ4n) is 2.08. The minimum Gasteiger partial charge on any atom is -0.350 e. The smallest absolute Gasteiger partial charge is 0.263 e. The van der Waals surface area contributed by atoms with Crippen LogP contribution in [0.25, 0.3) is 12.7 Å². The van der Waals surface area contributed by atoms with E-state index in [-0.39, 0.29) is 22.4 Å². The number of carbonyl (C=O) groups excluding carboxylic acids is 2. The van der Waals surface area contributed by atoms with E-state index in [0.717, 1.165) is 17.0 Å². The fourth-order valence-corrected chi connectivity index (χ4v) is 5.55. The zero-order chi connectivity index (χ0) is 22.0. The second kappa shape index (κ2) is 12.3. The van der Waals surface area contributed by atoms with Crippen LogP contribution in [-0.4, -0.2) is 42.0 Å². The van der Waals surface area contributed by atoms with Crippen molar-refractivity contribution in [2.24, 2.45) is 10.7 Å². The molecule has 0 atom stereocenters. The van der Waals surface area contributed by atoms with E-state index in [2.05, 4.69) is 49.3 Å². The van der Waals surface area contributed by atoms with Crippen molar-refractivity contribution >= 4 is 75.9 Å². The zero-order valence-electron chi connectivity index (χ0n) is 16.7. The standard InChI is InChI=1S/C19H26N4O2S4/c1-12(23-18(25)16(9-21-5)27-11-20)7-14-8-15(28-13(14)2)17(24)22-10-19(3,4)29-26-6/h7-9H,1-2,5,10-11,20H2,3-4,6H3,(H,22,24)(H,23,25)/b14-7-,16-9-. The van der Waals surface area contributed by atoms with Crippen molar-refractivity contribution < 1.29 is 9.59 Å². The molecule has 158 valence electrons. The van der Waals surface area contributed by atoms with Crippen LogP contribution in [0.5, 0.6) is 0 Å². The maximum atomic E-state index is 12.5. The second-order valence-electron chi connectivity index (χ2n) is 6.29. The lowest BCUT2D eigenvalue weighted by atomic mass is 10.2. The molecule has 1 heterocycles. The number of aliphatic imine (C=N–C) groups is 1. The highest BCUT2D eigenvalue weighted by Gasteiger charge is 2.20. The first kappa shape index (κ1) is 25.6. The molecule has 0 unspecified atom stereocenters. The van der Waals surface area contributed by atoms with Gasteiger partial charge in [-0.05, 0) is 44.2 Å². The Morgan fingerprint density at radius 1 is 1.41 bits per heavy atom. The number of hydrogen-bond donors (Lipinski definition) is 3. The van der Waals surface area contributed by atoms with Gasteiger partial charge in [0, 0.05) is 33.6 Å². The van der Waals surface area contributed by atoms with Crippen molar-refractivity contribution in [1.82, 2.24) is 10.6 Å². The molecule has 2 amide bonds. The van der Waals surface area contributed by atoms with Crippen LogP contribution in [0, 0.1) is 0 Å². The number of hydrogen-bond acceptors (Lipinski definition) is 8. The van der Waals surface area contributed by atoms with Crippen molar-refractivity contribution in [3.63, 3.8) is 0 Å². The minimum absolute atomic E-state index is 0.0692. The SMILES string of the molecule is C=N/C=C(\SCN)C(=O)NC(=C)/C=c1/cc(C(=O)NCC(C)(C)SSC)sc1=C. The van der Waals surface area contributed by atoms with Gasteiger partial charge in [0.05, 0.1) is 9.78 Å². The average Bonchev–Trinajstić information content (AvgIpc) is 3.00. The summed E-state index contributed by atoms with van der Waals surface area (Å²) in [6.07, 6.45) is 5.03. The monoisotopic (exact) mass is 470 g/mol. The molecule has 29 heavy (non-hydrogen) atoms. The van der Waals surface area contributed by atoms with E-state index >= 15 is 0 Å². The molecule has 4 N–H and O–H groups in total. The van der Waals surface area contributed by atoms with E-state index in [0.29, 0.717) is 26.6 Å². The molecule has 1 aromatic rings. The van der Waals surface area contributed by atoms with Gasteiger partial charge in [0.25, 0.3) is 11.8 Å². The summed E-state index contributed by atoms with van der Waals surface area (Å²) in [5, 5.41) is 6.36. The lowest BCUT2D eigenvalue weighted by Gasteiger charge is -2.22. The highest BCUT2D eigenvalue weighted by molar-refractivity contribution is 8.77. The number of rotatable bonds is 11. The molecule has 0 aliphatic heterocycles. The summed E-state index contributed by atoms with van der Waals surface area (Å²) in [7, 11) is 3.38. The number of allylic oxidation sites excluding steroid dienone is 1. The molecule has 6 nitrogen and oxygen atoms in total. The van der Waals surface area contributed by atoms with Crippen molar-refractivity contribution in [2.75, 3.05) is 18.7 Å². The molecule has 1 rings (SSSR count). The predicted octanol–water partition coefficient (Wildman–Crippen LogP) is 2.28. The third-order valence-corrected chi connectivity index (χ3v) is 7.71. The van der Waals surface area contributed by atoms with Crippen LogP contribution in [0.15, 0.2) is 34.4 Å². The van der Waals surface area contributed by atoms with E-state index < -0.39 is 0 Å². The van der Waals surface area contributed by atoms with Crippen molar-refractivity contribution in [1.29, 1.82) is 0 Å². The summed E-state index contributed by atoms with van der Waals surface area (Å²) in [6.45, 7) is 15.9. The molecule has 0 aromatic carbocycles. The summed E-state index contributed by atoms with van der Waals surface area (Å²) in [6, 6.07) is 1.74. The number of thiophene rings is 1. The Morgan fingerprint density at radius 3 is 2.69 bits per heavy atom. The summed E-state index contributed by atoms with van der Waals surface area (Å²) < 4.78 is 0.642. The molecular weight excluding hydrogens is 445 g/mol. The molecule has 0 spiro atoms. The van der Waals surface area contributed by atoms with Crippen LogP contribution in [0.2, 0.25) is 0 Å². The fraction of sp³-hybridized carbons (Fsp3) is 0.316. The van der Waals surface area contributed by atoms with E-state index in [9.17, 15) is 9.59 Å². The van der Waals surface area contributed by atoms with Gasteiger partial charge in [0.2, 0.25) is 0 Å². The largest absolute Gasteiger partial charge is 0.350 e. The van der Waals surface area contributed by atoms with Gasteiger partial charge in [-0.25, -0.2) is 0 Å². The van der Waals surface area contributed by atoms with Crippen LogP contribution in [0.1, 0.15) is 23.5 Å². The van der Waals surface area contributed by atoms with E-state index in [1.807, 2.05) is 6.26 Å². The third-order valence-electron chi connectivity index (χ3n) is 3.32. The Labute approximate surface area is 187 Å². The molecule has 0 fully saturated rings. The topological polar surface area (TPSA) is 96.6 Å². The van der Waals surface area contributed by atoms with Gasteiger partial charge in [-0.3, -0.25) is 14.6 Å². The predicted molar refractivity (Wildman–Crippen MR) is 133 cm³/mol. The number of amides is 2. The van der Waals surface area contributed by atoms with Crippen LogP contribution in [0.3, 0.4) is 0 Å². The lowest BCUT2D eigenvalue weighted by molar-refractivity contribution is -0.116. The summed E-state index contributed by atoms with van der Waals surface area (Å²) in [5.41, 5.74) is 5.84. The number of nitrogens with zero attached hydrogens (tertiary/aromatic N) is 1.